The summed E-state index contributed by atoms with van der Waals surface area (Å²) in [6.45, 7) is 7.19. The Balaban J connectivity index is 1.62. The third kappa shape index (κ3) is 4.72. The molecule has 3 aromatic rings. The minimum Gasteiger partial charge on any atom is -0.497 e. The summed E-state index contributed by atoms with van der Waals surface area (Å²) in [6.07, 6.45) is 4.08. The fraction of sp³-hybridized carbons (Fsp3) is 0.375. The lowest BCUT2D eigenvalue weighted by atomic mass is 10.0. The van der Waals surface area contributed by atoms with Crippen LogP contribution >= 0.6 is 11.6 Å². The van der Waals surface area contributed by atoms with Gasteiger partial charge in [0.05, 0.1) is 29.8 Å². The largest absolute Gasteiger partial charge is 0.497 e. The fourth-order valence-electron chi connectivity index (χ4n) is 3.68. The highest BCUT2D eigenvalue weighted by molar-refractivity contribution is 6.35. The van der Waals surface area contributed by atoms with Crippen molar-refractivity contribution in [1.29, 1.82) is 0 Å². The van der Waals surface area contributed by atoms with Gasteiger partial charge in [-0.1, -0.05) is 29.8 Å². The second kappa shape index (κ2) is 8.82. The molecule has 1 aromatic carbocycles. The number of amides is 1. The number of fused-ring (bicyclic) bond motifs is 1. The molecule has 0 fully saturated rings. The maximum absolute atomic E-state index is 12.4. The smallest absolute Gasteiger partial charge is 0.410 e. The van der Waals surface area contributed by atoms with Crippen LogP contribution < -0.4 is 4.74 Å². The predicted octanol–water partition coefficient (Wildman–Crippen LogP) is 5.17. The van der Waals surface area contributed by atoms with Crippen LogP contribution in [-0.2, 0) is 11.3 Å². The molecule has 0 spiro atoms. The van der Waals surface area contributed by atoms with Crippen LogP contribution in [0.3, 0.4) is 0 Å². The van der Waals surface area contributed by atoms with E-state index in [1.54, 1.807) is 24.3 Å². The molecule has 0 saturated heterocycles. The van der Waals surface area contributed by atoms with Gasteiger partial charge in [0, 0.05) is 19.3 Å². The van der Waals surface area contributed by atoms with E-state index in [0.717, 1.165) is 33.6 Å². The van der Waals surface area contributed by atoms with Gasteiger partial charge in [-0.15, -0.1) is 0 Å². The van der Waals surface area contributed by atoms with E-state index in [0.29, 0.717) is 31.1 Å². The standard InChI is InChI=1S/C24H27ClN4O3/c1-24(2,3)32-23(30)28-13-10-17(11-14-28)21-20-19(25)9-12-26-22(20)29(27-21)15-16-5-7-18(31-4)8-6-16/h5-10,12H,11,13-15H2,1-4H3. The van der Waals surface area contributed by atoms with E-state index < -0.39 is 5.60 Å². The van der Waals surface area contributed by atoms with Crippen LogP contribution in [0.15, 0.2) is 42.6 Å². The number of methoxy groups -OCH3 is 1. The topological polar surface area (TPSA) is 69.5 Å². The first kappa shape index (κ1) is 22.1. The first-order valence-electron chi connectivity index (χ1n) is 10.6. The first-order valence-corrected chi connectivity index (χ1v) is 10.9. The molecular weight excluding hydrogens is 428 g/mol. The molecule has 0 saturated carbocycles. The van der Waals surface area contributed by atoms with E-state index in [9.17, 15) is 4.79 Å². The summed E-state index contributed by atoms with van der Waals surface area (Å²) in [4.78, 5) is 18.6. The van der Waals surface area contributed by atoms with Crippen molar-refractivity contribution in [2.45, 2.75) is 39.3 Å². The quantitative estimate of drug-likeness (QED) is 0.544. The Morgan fingerprint density at radius 3 is 2.56 bits per heavy atom. The first-order chi connectivity index (χ1) is 15.2. The molecule has 3 heterocycles. The number of hydrogen-bond acceptors (Lipinski definition) is 5. The zero-order valence-electron chi connectivity index (χ0n) is 18.8. The Morgan fingerprint density at radius 2 is 1.94 bits per heavy atom. The van der Waals surface area contributed by atoms with E-state index in [-0.39, 0.29) is 6.09 Å². The average Bonchev–Trinajstić information content (AvgIpc) is 3.13. The number of aromatic nitrogens is 3. The number of pyridine rings is 1. The number of ether oxygens (including phenoxy) is 2. The van der Waals surface area contributed by atoms with Crippen LogP contribution in [-0.4, -0.2) is 51.6 Å². The minimum absolute atomic E-state index is 0.303. The molecule has 0 atom stereocenters. The zero-order valence-corrected chi connectivity index (χ0v) is 19.5. The SMILES string of the molecule is COc1ccc(Cn2nc(C3=CCN(C(=O)OC(C)(C)C)CC3)c3c(Cl)ccnc32)cc1. The van der Waals surface area contributed by atoms with Gasteiger partial charge in [-0.25, -0.2) is 14.5 Å². The Hall–Kier alpha value is -3.06. The summed E-state index contributed by atoms with van der Waals surface area (Å²) >= 11 is 6.57. The number of rotatable bonds is 4. The highest BCUT2D eigenvalue weighted by Gasteiger charge is 2.26. The maximum atomic E-state index is 12.4. The van der Waals surface area contributed by atoms with Crippen LogP contribution in [0.4, 0.5) is 4.79 Å². The van der Waals surface area contributed by atoms with Crippen LogP contribution in [0.1, 0.15) is 38.4 Å². The van der Waals surface area contributed by atoms with Gasteiger partial charge in [-0.3, -0.25) is 0 Å². The highest BCUT2D eigenvalue weighted by Crippen LogP contribution is 2.33. The third-order valence-corrected chi connectivity index (χ3v) is 5.55. The van der Waals surface area contributed by atoms with Gasteiger partial charge in [-0.05, 0) is 56.5 Å². The number of carbonyl (C=O) groups excluding carboxylic acids is 1. The van der Waals surface area contributed by atoms with Crippen molar-refractivity contribution < 1.29 is 14.3 Å². The van der Waals surface area contributed by atoms with Gasteiger partial charge < -0.3 is 14.4 Å². The summed E-state index contributed by atoms with van der Waals surface area (Å²) in [7, 11) is 1.65. The van der Waals surface area contributed by atoms with E-state index >= 15 is 0 Å². The molecule has 168 valence electrons. The number of halogens is 1. The zero-order chi connectivity index (χ0) is 22.9. The minimum atomic E-state index is -0.517. The third-order valence-electron chi connectivity index (χ3n) is 5.24. The monoisotopic (exact) mass is 454 g/mol. The molecular formula is C24H27ClN4O3. The van der Waals surface area contributed by atoms with Gasteiger partial charge >= 0.3 is 6.09 Å². The summed E-state index contributed by atoms with van der Waals surface area (Å²) in [6, 6.07) is 9.65. The molecule has 32 heavy (non-hydrogen) atoms. The second-order valence-corrected chi connectivity index (χ2v) is 9.16. The van der Waals surface area contributed by atoms with Crippen molar-refractivity contribution in [3.63, 3.8) is 0 Å². The summed E-state index contributed by atoms with van der Waals surface area (Å²) < 4.78 is 12.6. The lowest BCUT2D eigenvalue weighted by molar-refractivity contribution is 0.0270. The lowest BCUT2D eigenvalue weighted by Crippen LogP contribution is -2.39. The van der Waals surface area contributed by atoms with Crippen molar-refractivity contribution in [2.75, 3.05) is 20.2 Å². The molecule has 1 amide bonds. The lowest BCUT2D eigenvalue weighted by Gasteiger charge is -2.29. The molecule has 0 bridgehead atoms. The van der Waals surface area contributed by atoms with Crippen molar-refractivity contribution >= 4 is 34.3 Å². The Morgan fingerprint density at radius 1 is 1.19 bits per heavy atom. The van der Waals surface area contributed by atoms with E-state index in [2.05, 4.69) is 4.98 Å². The van der Waals surface area contributed by atoms with Gasteiger partial charge in [-0.2, -0.15) is 5.10 Å². The van der Waals surface area contributed by atoms with Crippen molar-refractivity contribution in [2.24, 2.45) is 0 Å². The van der Waals surface area contributed by atoms with Crippen LogP contribution in [0.5, 0.6) is 5.75 Å². The molecule has 0 radical (unpaired) electrons. The molecule has 2 aromatic heterocycles. The summed E-state index contributed by atoms with van der Waals surface area (Å²) in [5, 5.41) is 6.32. The van der Waals surface area contributed by atoms with Gasteiger partial charge in [0.2, 0.25) is 0 Å². The molecule has 1 aliphatic rings. The number of nitrogens with zero attached hydrogens (tertiary/aromatic N) is 4. The van der Waals surface area contributed by atoms with Crippen molar-refractivity contribution in [3.05, 3.63) is 58.9 Å². The molecule has 4 rings (SSSR count). The molecule has 8 heteroatoms. The molecule has 0 unspecified atom stereocenters. The fourth-order valence-corrected chi connectivity index (χ4v) is 3.91. The highest BCUT2D eigenvalue weighted by atomic mass is 35.5. The molecule has 7 nitrogen and oxygen atoms in total. The normalized spacial score (nSPS) is 14.4. The molecule has 0 N–H and O–H groups in total. The summed E-state index contributed by atoms with van der Waals surface area (Å²) in [5.74, 6) is 0.808. The Bertz CT molecular complexity index is 1160. The van der Waals surface area contributed by atoms with Crippen LogP contribution in [0.2, 0.25) is 5.02 Å². The second-order valence-electron chi connectivity index (χ2n) is 8.75. The van der Waals surface area contributed by atoms with Crippen molar-refractivity contribution in [1.82, 2.24) is 19.7 Å². The van der Waals surface area contributed by atoms with Gasteiger partial charge in [0.1, 0.15) is 11.4 Å². The predicted molar refractivity (Wildman–Crippen MR) is 125 cm³/mol. The maximum Gasteiger partial charge on any atom is 0.410 e. The summed E-state index contributed by atoms with van der Waals surface area (Å²) in [5.41, 5.74) is 3.17. The van der Waals surface area contributed by atoms with E-state index in [4.69, 9.17) is 26.2 Å². The van der Waals surface area contributed by atoms with E-state index in [1.165, 1.54) is 0 Å². The van der Waals surface area contributed by atoms with Crippen LogP contribution in [0, 0.1) is 0 Å². The number of hydrogen-bond donors (Lipinski definition) is 0. The number of benzene rings is 1. The molecule has 1 aliphatic heterocycles. The van der Waals surface area contributed by atoms with Crippen molar-refractivity contribution in [3.8, 4) is 5.75 Å². The molecule has 0 aliphatic carbocycles. The Labute approximate surface area is 192 Å². The number of carbonyl (C=O) groups is 1. The van der Waals surface area contributed by atoms with Gasteiger partial charge in [0.15, 0.2) is 5.65 Å². The van der Waals surface area contributed by atoms with Gasteiger partial charge in [0.25, 0.3) is 0 Å². The van der Waals surface area contributed by atoms with Crippen LogP contribution in [0.25, 0.3) is 16.6 Å². The average molecular weight is 455 g/mol. The Kier molecular flexibility index (Phi) is 6.11. The van der Waals surface area contributed by atoms with E-state index in [1.807, 2.05) is 55.8 Å².